The maximum atomic E-state index is 10.4. The van der Waals surface area contributed by atoms with Crippen molar-refractivity contribution in [2.75, 3.05) is 15.6 Å². The standard InChI is InChI=1S/C21H20N4OS/c26-16-22-24-19-11-13-20(14-12-19)25(15-17-7-3-1-4-8-17)21(27)23-18-9-5-2-6-10-18/h1-14,16,24H,15H2,(H,22,26)(H,23,27). The van der Waals surface area contributed by atoms with E-state index >= 15 is 0 Å². The van der Waals surface area contributed by atoms with E-state index in [-0.39, 0.29) is 0 Å². The van der Waals surface area contributed by atoms with Crippen LogP contribution in [-0.2, 0) is 11.3 Å². The quantitative estimate of drug-likeness (QED) is 0.328. The highest BCUT2D eigenvalue weighted by atomic mass is 32.1. The number of carbonyl (C=O) groups is 1. The molecule has 0 bridgehead atoms. The third-order valence-electron chi connectivity index (χ3n) is 3.91. The van der Waals surface area contributed by atoms with Crippen LogP contribution in [0.3, 0.4) is 0 Å². The van der Waals surface area contributed by atoms with Crippen molar-refractivity contribution < 1.29 is 4.79 Å². The summed E-state index contributed by atoms with van der Waals surface area (Å²) in [6.45, 7) is 0.638. The average molecular weight is 376 g/mol. The van der Waals surface area contributed by atoms with E-state index in [2.05, 4.69) is 28.3 Å². The molecule has 27 heavy (non-hydrogen) atoms. The largest absolute Gasteiger partial charge is 0.332 e. The smallest absolute Gasteiger partial charge is 0.225 e. The molecular formula is C21H20N4OS. The Bertz CT molecular complexity index is 870. The van der Waals surface area contributed by atoms with Gasteiger partial charge in [0.15, 0.2) is 5.11 Å². The van der Waals surface area contributed by atoms with Gasteiger partial charge in [0.25, 0.3) is 0 Å². The predicted molar refractivity (Wildman–Crippen MR) is 115 cm³/mol. The number of amides is 1. The molecule has 3 aromatic carbocycles. The fourth-order valence-corrected chi connectivity index (χ4v) is 2.88. The Balaban J connectivity index is 1.82. The zero-order chi connectivity index (χ0) is 18.9. The van der Waals surface area contributed by atoms with Crippen LogP contribution in [0.25, 0.3) is 0 Å². The average Bonchev–Trinajstić information content (AvgIpc) is 2.72. The lowest BCUT2D eigenvalue weighted by molar-refractivity contribution is -0.109. The number of nitrogens with zero attached hydrogens (tertiary/aromatic N) is 1. The number of nitrogens with one attached hydrogen (secondary N) is 3. The molecule has 0 aliphatic rings. The third kappa shape index (κ3) is 5.29. The van der Waals surface area contributed by atoms with Gasteiger partial charge in [-0.15, -0.1) is 0 Å². The Hall–Kier alpha value is -3.38. The van der Waals surface area contributed by atoms with Gasteiger partial charge in [-0.25, -0.2) is 0 Å². The van der Waals surface area contributed by atoms with E-state index < -0.39 is 0 Å². The van der Waals surface area contributed by atoms with Crippen molar-refractivity contribution in [1.29, 1.82) is 0 Å². The van der Waals surface area contributed by atoms with Crippen molar-refractivity contribution >= 4 is 40.8 Å². The Morgan fingerprint density at radius 2 is 1.48 bits per heavy atom. The minimum absolute atomic E-state index is 0.592. The summed E-state index contributed by atoms with van der Waals surface area (Å²) in [5.41, 5.74) is 9.04. The number of hydrogen-bond donors (Lipinski definition) is 3. The van der Waals surface area contributed by atoms with Crippen LogP contribution >= 0.6 is 12.2 Å². The molecule has 5 nitrogen and oxygen atoms in total. The van der Waals surface area contributed by atoms with E-state index in [1.165, 1.54) is 0 Å². The van der Waals surface area contributed by atoms with E-state index in [1.54, 1.807) is 0 Å². The monoisotopic (exact) mass is 376 g/mol. The summed E-state index contributed by atoms with van der Waals surface area (Å²) in [4.78, 5) is 12.4. The van der Waals surface area contributed by atoms with Gasteiger partial charge in [-0.05, 0) is 54.2 Å². The Morgan fingerprint density at radius 3 is 2.11 bits per heavy atom. The molecule has 0 spiro atoms. The van der Waals surface area contributed by atoms with Gasteiger partial charge < -0.3 is 10.2 Å². The van der Waals surface area contributed by atoms with Gasteiger partial charge in [-0.1, -0.05) is 48.5 Å². The molecule has 0 fully saturated rings. The van der Waals surface area contributed by atoms with Gasteiger partial charge in [0.1, 0.15) is 0 Å². The van der Waals surface area contributed by atoms with Crippen LogP contribution in [0.5, 0.6) is 0 Å². The van der Waals surface area contributed by atoms with E-state index in [4.69, 9.17) is 12.2 Å². The lowest BCUT2D eigenvalue weighted by atomic mass is 10.2. The molecule has 3 aromatic rings. The Morgan fingerprint density at radius 1 is 0.852 bits per heavy atom. The molecule has 1 amide bonds. The van der Waals surface area contributed by atoms with Gasteiger partial charge in [0, 0.05) is 11.4 Å². The summed E-state index contributed by atoms with van der Waals surface area (Å²) < 4.78 is 0. The minimum Gasteiger partial charge on any atom is -0.332 e. The van der Waals surface area contributed by atoms with Crippen LogP contribution in [0.15, 0.2) is 84.9 Å². The summed E-state index contributed by atoms with van der Waals surface area (Å²) in [6.07, 6.45) is 0.592. The summed E-state index contributed by atoms with van der Waals surface area (Å²) >= 11 is 5.68. The van der Waals surface area contributed by atoms with Crippen molar-refractivity contribution in [3.8, 4) is 0 Å². The van der Waals surface area contributed by atoms with E-state index in [0.29, 0.717) is 18.1 Å². The number of rotatable bonds is 7. The normalized spacial score (nSPS) is 9.93. The Kier molecular flexibility index (Phi) is 6.38. The van der Waals surface area contributed by atoms with Crippen molar-refractivity contribution in [3.05, 3.63) is 90.5 Å². The van der Waals surface area contributed by atoms with Gasteiger partial charge in [0.2, 0.25) is 6.41 Å². The van der Waals surface area contributed by atoms with Crippen LogP contribution in [0.2, 0.25) is 0 Å². The molecule has 0 heterocycles. The zero-order valence-corrected chi connectivity index (χ0v) is 15.4. The van der Waals surface area contributed by atoms with E-state index in [1.807, 2.05) is 77.7 Å². The molecule has 0 radical (unpaired) electrons. The lowest BCUT2D eigenvalue weighted by Gasteiger charge is -2.26. The first-order valence-electron chi connectivity index (χ1n) is 8.49. The summed E-state index contributed by atoms with van der Waals surface area (Å²) in [5, 5.41) is 3.90. The number of thiocarbonyl (C=S) groups is 1. The second-order valence-electron chi connectivity index (χ2n) is 5.80. The van der Waals surface area contributed by atoms with Crippen molar-refractivity contribution in [2.45, 2.75) is 6.54 Å². The summed E-state index contributed by atoms with van der Waals surface area (Å²) in [6, 6.07) is 27.7. The van der Waals surface area contributed by atoms with Crippen LogP contribution in [0.1, 0.15) is 5.56 Å². The highest BCUT2D eigenvalue weighted by Gasteiger charge is 2.13. The molecule has 6 heteroatoms. The molecule has 0 atom stereocenters. The van der Waals surface area contributed by atoms with Crippen LogP contribution < -0.4 is 21.1 Å². The number of hydrogen-bond acceptors (Lipinski definition) is 3. The topological polar surface area (TPSA) is 56.4 Å². The SMILES string of the molecule is O=CNNc1ccc(N(Cc2ccccc2)C(=S)Nc2ccccc2)cc1. The van der Waals surface area contributed by atoms with Crippen LogP contribution in [-0.4, -0.2) is 11.5 Å². The third-order valence-corrected chi connectivity index (χ3v) is 4.23. The highest BCUT2D eigenvalue weighted by molar-refractivity contribution is 7.80. The lowest BCUT2D eigenvalue weighted by Crippen LogP contribution is -2.34. The molecule has 136 valence electrons. The van der Waals surface area contributed by atoms with Gasteiger partial charge >= 0.3 is 0 Å². The van der Waals surface area contributed by atoms with Crippen molar-refractivity contribution in [2.24, 2.45) is 0 Å². The molecular weight excluding hydrogens is 356 g/mol. The van der Waals surface area contributed by atoms with Crippen LogP contribution in [0, 0.1) is 0 Å². The fraction of sp³-hybridized carbons (Fsp3) is 0.0476. The predicted octanol–water partition coefficient (Wildman–Crippen LogP) is 4.16. The summed E-state index contributed by atoms with van der Waals surface area (Å²) in [7, 11) is 0. The second-order valence-corrected chi connectivity index (χ2v) is 6.19. The van der Waals surface area contributed by atoms with Crippen molar-refractivity contribution in [1.82, 2.24) is 5.43 Å². The molecule has 0 saturated heterocycles. The molecule has 3 N–H and O–H groups in total. The fourth-order valence-electron chi connectivity index (χ4n) is 2.60. The van der Waals surface area contributed by atoms with Gasteiger partial charge in [0.05, 0.1) is 12.2 Å². The molecule has 0 unspecified atom stereocenters. The number of carbonyl (C=O) groups excluding carboxylic acids is 1. The van der Waals surface area contributed by atoms with Gasteiger partial charge in [-0.2, -0.15) is 0 Å². The molecule has 0 saturated carbocycles. The number of para-hydroxylation sites is 1. The maximum absolute atomic E-state index is 10.4. The number of hydrazine groups is 1. The highest BCUT2D eigenvalue weighted by Crippen LogP contribution is 2.21. The number of benzene rings is 3. The second kappa shape index (κ2) is 9.35. The van der Waals surface area contributed by atoms with Gasteiger partial charge in [-0.3, -0.25) is 15.6 Å². The number of anilines is 3. The first-order chi connectivity index (χ1) is 13.3. The first-order valence-corrected chi connectivity index (χ1v) is 8.90. The molecule has 0 aromatic heterocycles. The van der Waals surface area contributed by atoms with E-state index in [9.17, 15) is 4.79 Å². The van der Waals surface area contributed by atoms with Crippen LogP contribution in [0.4, 0.5) is 17.1 Å². The molecule has 0 aliphatic carbocycles. The van der Waals surface area contributed by atoms with Crippen molar-refractivity contribution in [3.63, 3.8) is 0 Å². The summed E-state index contributed by atoms with van der Waals surface area (Å²) in [5.74, 6) is 0. The molecule has 0 aliphatic heterocycles. The maximum Gasteiger partial charge on any atom is 0.225 e. The molecule has 3 rings (SSSR count). The minimum atomic E-state index is 0.592. The first kappa shape index (κ1) is 18.4. The Labute approximate surface area is 164 Å². The van der Waals surface area contributed by atoms with E-state index in [0.717, 1.165) is 22.6 Å². The zero-order valence-electron chi connectivity index (χ0n) is 14.6.